The maximum Gasteiger partial charge on any atom is 0.417 e. The van der Waals surface area contributed by atoms with Crippen LogP contribution in [0.4, 0.5) is 18.9 Å². The quantitative estimate of drug-likeness (QED) is 0.599. The van der Waals surface area contributed by atoms with Gasteiger partial charge in [0.25, 0.3) is 5.91 Å². The molecule has 1 amide bonds. The van der Waals surface area contributed by atoms with Gasteiger partial charge in [-0.05, 0) is 54.8 Å². The van der Waals surface area contributed by atoms with E-state index in [0.717, 1.165) is 23.4 Å². The van der Waals surface area contributed by atoms with Crippen molar-refractivity contribution in [3.05, 3.63) is 94.8 Å². The van der Waals surface area contributed by atoms with Crippen LogP contribution in [0.1, 0.15) is 34.1 Å². The van der Waals surface area contributed by atoms with Crippen LogP contribution in [-0.2, 0) is 17.4 Å². The normalized spacial score (nSPS) is 12.5. The van der Waals surface area contributed by atoms with Gasteiger partial charge in [0.15, 0.2) is 6.10 Å². The zero-order chi connectivity index (χ0) is 22.6. The van der Waals surface area contributed by atoms with Gasteiger partial charge in [0, 0.05) is 30.5 Å². The maximum atomic E-state index is 13.2. The summed E-state index contributed by atoms with van der Waals surface area (Å²) in [6, 6.07) is 16.4. The second-order valence-electron chi connectivity index (χ2n) is 7.36. The number of aliphatic hydroxyl groups is 1. The van der Waals surface area contributed by atoms with Crippen molar-refractivity contribution in [3.63, 3.8) is 0 Å². The first-order valence-corrected chi connectivity index (χ1v) is 9.80. The summed E-state index contributed by atoms with van der Waals surface area (Å²) in [5.74, 6) is -0.513. The molecule has 1 heterocycles. The molecule has 0 radical (unpaired) electrons. The molecule has 1 N–H and O–H groups in total. The zero-order valence-corrected chi connectivity index (χ0v) is 17.2. The van der Waals surface area contributed by atoms with E-state index >= 15 is 0 Å². The Morgan fingerprint density at radius 1 is 1.03 bits per heavy atom. The average Bonchev–Trinajstić information content (AvgIpc) is 2.76. The molecule has 0 saturated heterocycles. The summed E-state index contributed by atoms with van der Waals surface area (Å²) in [6.45, 7) is 4.03. The number of hydrogen-bond donors (Lipinski definition) is 1. The molecule has 162 valence electrons. The van der Waals surface area contributed by atoms with Crippen molar-refractivity contribution in [2.24, 2.45) is 0 Å². The van der Waals surface area contributed by atoms with Gasteiger partial charge in [0.2, 0.25) is 0 Å². The number of alkyl halides is 3. The number of anilines is 1. The van der Waals surface area contributed by atoms with Gasteiger partial charge < -0.3 is 10.0 Å². The summed E-state index contributed by atoms with van der Waals surface area (Å²) in [6.07, 6.45) is -4.79. The van der Waals surface area contributed by atoms with E-state index in [1.54, 1.807) is 36.4 Å². The standard InChI is InChI=1S/C24H23F3N2O2/c1-16-8-11-21(14-17(16)2)29(23(31)22(30)18-6-4-3-5-7-18)13-12-20-10-9-19(15-28-20)24(25,26)27/h3-11,14-15,22,30H,12-13H2,1-2H3/t22-/m0/s1. The number of amides is 1. The Kier molecular flexibility index (Phi) is 6.75. The first-order valence-electron chi connectivity index (χ1n) is 9.80. The summed E-state index contributed by atoms with van der Waals surface area (Å²) in [5.41, 5.74) is 2.71. The van der Waals surface area contributed by atoms with E-state index in [9.17, 15) is 23.1 Å². The Labute approximate surface area is 179 Å². The number of carbonyl (C=O) groups excluding carboxylic acids is 1. The molecule has 0 unspecified atom stereocenters. The van der Waals surface area contributed by atoms with Gasteiger partial charge in [-0.2, -0.15) is 13.2 Å². The number of hydrogen-bond acceptors (Lipinski definition) is 3. The predicted molar refractivity (Wildman–Crippen MR) is 113 cm³/mol. The molecule has 0 bridgehead atoms. The van der Waals surface area contributed by atoms with E-state index in [2.05, 4.69) is 4.98 Å². The molecule has 0 fully saturated rings. The topological polar surface area (TPSA) is 53.4 Å². The van der Waals surface area contributed by atoms with Crippen LogP contribution >= 0.6 is 0 Å². The molecule has 0 saturated carbocycles. The summed E-state index contributed by atoms with van der Waals surface area (Å²) < 4.78 is 38.3. The third kappa shape index (κ3) is 5.49. The maximum absolute atomic E-state index is 13.2. The third-order valence-corrected chi connectivity index (χ3v) is 5.16. The predicted octanol–water partition coefficient (Wildman–Crippen LogP) is 5.03. The second-order valence-corrected chi connectivity index (χ2v) is 7.36. The van der Waals surface area contributed by atoms with Gasteiger partial charge in [-0.25, -0.2) is 0 Å². The molecule has 0 spiro atoms. The number of aromatic nitrogens is 1. The van der Waals surface area contributed by atoms with E-state index in [1.165, 1.54) is 11.0 Å². The Morgan fingerprint density at radius 3 is 2.32 bits per heavy atom. The van der Waals surface area contributed by atoms with Gasteiger partial charge >= 0.3 is 6.18 Å². The number of pyridine rings is 1. The lowest BCUT2D eigenvalue weighted by atomic mass is 10.1. The van der Waals surface area contributed by atoms with Crippen LogP contribution in [0, 0.1) is 13.8 Å². The monoisotopic (exact) mass is 428 g/mol. The molecular weight excluding hydrogens is 405 g/mol. The number of nitrogens with zero attached hydrogens (tertiary/aromatic N) is 2. The Bertz CT molecular complexity index is 1030. The lowest BCUT2D eigenvalue weighted by Gasteiger charge is -2.26. The van der Waals surface area contributed by atoms with Crippen molar-refractivity contribution in [1.29, 1.82) is 0 Å². The van der Waals surface area contributed by atoms with E-state index < -0.39 is 23.8 Å². The highest BCUT2D eigenvalue weighted by Gasteiger charge is 2.31. The number of rotatable bonds is 6. The molecule has 0 aliphatic rings. The summed E-state index contributed by atoms with van der Waals surface area (Å²) >= 11 is 0. The number of benzene rings is 2. The number of carbonyl (C=O) groups is 1. The van der Waals surface area contributed by atoms with E-state index in [-0.39, 0.29) is 13.0 Å². The second kappa shape index (κ2) is 9.31. The molecule has 0 aliphatic heterocycles. The minimum Gasteiger partial charge on any atom is -0.378 e. The van der Waals surface area contributed by atoms with E-state index in [4.69, 9.17) is 0 Å². The third-order valence-electron chi connectivity index (χ3n) is 5.16. The van der Waals surface area contributed by atoms with Crippen molar-refractivity contribution in [3.8, 4) is 0 Å². The SMILES string of the molecule is Cc1ccc(N(CCc2ccc(C(F)(F)F)cn2)C(=O)[C@@H](O)c2ccccc2)cc1C. The first kappa shape index (κ1) is 22.5. The van der Waals surface area contributed by atoms with Gasteiger partial charge in [-0.1, -0.05) is 36.4 Å². The molecule has 1 atom stereocenters. The number of halogens is 3. The fraction of sp³-hybridized carbons (Fsp3) is 0.250. The first-order chi connectivity index (χ1) is 14.7. The van der Waals surface area contributed by atoms with Crippen molar-refractivity contribution in [1.82, 2.24) is 4.98 Å². The average molecular weight is 428 g/mol. The highest BCUT2D eigenvalue weighted by atomic mass is 19.4. The van der Waals surface area contributed by atoms with Crippen LogP contribution in [0.15, 0.2) is 66.9 Å². The van der Waals surface area contributed by atoms with Gasteiger partial charge in [0.1, 0.15) is 0 Å². The Balaban J connectivity index is 1.85. The van der Waals surface area contributed by atoms with Crippen LogP contribution in [0.3, 0.4) is 0 Å². The van der Waals surface area contributed by atoms with Crippen LogP contribution in [0.5, 0.6) is 0 Å². The molecule has 1 aromatic heterocycles. The summed E-state index contributed by atoms with van der Waals surface area (Å²) in [7, 11) is 0. The molecule has 31 heavy (non-hydrogen) atoms. The number of aliphatic hydroxyl groups excluding tert-OH is 1. The Hall–Kier alpha value is -3.19. The van der Waals surface area contributed by atoms with Crippen LogP contribution in [-0.4, -0.2) is 22.5 Å². The molecule has 0 aliphatic carbocycles. The molecule has 3 aromatic rings. The lowest BCUT2D eigenvalue weighted by molar-refractivity contribution is -0.137. The van der Waals surface area contributed by atoms with Crippen molar-refractivity contribution in [2.75, 3.05) is 11.4 Å². The lowest BCUT2D eigenvalue weighted by Crippen LogP contribution is -2.37. The summed E-state index contributed by atoms with van der Waals surface area (Å²) in [5, 5.41) is 10.6. The number of aryl methyl sites for hydroxylation is 2. The molecule has 3 rings (SSSR count). The van der Waals surface area contributed by atoms with E-state index in [1.807, 2.05) is 26.0 Å². The zero-order valence-electron chi connectivity index (χ0n) is 17.2. The fourth-order valence-corrected chi connectivity index (χ4v) is 3.15. The van der Waals surface area contributed by atoms with Crippen LogP contribution < -0.4 is 4.90 Å². The largest absolute Gasteiger partial charge is 0.417 e. The summed E-state index contributed by atoms with van der Waals surface area (Å²) in [4.78, 5) is 18.5. The minimum absolute atomic E-state index is 0.156. The smallest absolute Gasteiger partial charge is 0.378 e. The molecule has 2 aromatic carbocycles. The van der Waals surface area contributed by atoms with Crippen molar-refractivity contribution >= 4 is 11.6 Å². The molecular formula is C24H23F3N2O2. The highest BCUT2D eigenvalue weighted by molar-refractivity contribution is 5.97. The molecule has 4 nitrogen and oxygen atoms in total. The van der Waals surface area contributed by atoms with E-state index in [0.29, 0.717) is 16.9 Å². The van der Waals surface area contributed by atoms with Crippen LogP contribution in [0.2, 0.25) is 0 Å². The Morgan fingerprint density at radius 2 is 1.74 bits per heavy atom. The fourth-order valence-electron chi connectivity index (χ4n) is 3.15. The molecule has 7 heteroatoms. The van der Waals surface area contributed by atoms with Gasteiger partial charge in [0.05, 0.1) is 5.56 Å². The van der Waals surface area contributed by atoms with Crippen molar-refractivity contribution < 1.29 is 23.1 Å². The highest BCUT2D eigenvalue weighted by Crippen LogP contribution is 2.29. The van der Waals surface area contributed by atoms with Crippen LogP contribution in [0.25, 0.3) is 0 Å². The van der Waals surface area contributed by atoms with Crippen molar-refractivity contribution in [2.45, 2.75) is 32.5 Å². The van der Waals surface area contributed by atoms with Gasteiger partial charge in [-0.3, -0.25) is 9.78 Å². The minimum atomic E-state index is -4.45. The van der Waals surface area contributed by atoms with Gasteiger partial charge in [-0.15, -0.1) is 0 Å².